The van der Waals surface area contributed by atoms with Gasteiger partial charge in [0.1, 0.15) is 5.82 Å². The van der Waals surface area contributed by atoms with Gasteiger partial charge in [-0.05, 0) is 35.7 Å². The Morgan fingerprint density at radius 3 is 2.32 bits per heavy atom. The van der Waals surface area contributed by atoms with E-state index in [0.717, 1.165) is 21.8 Å². The van der Waals surface area contributed by atoms with Crippen molar-refractivity contribution in [2.75, 3.05) is 5.73 Å². The van der Waals surface area contributed by atoms with E-state index in [0.29, 0.717) is 5.82 Å². The van der Waals surface area contributed by atoms with Gasteiger partial charge in [-0.3, -0.25) is 4.79 Å². The molecule has 2 aromatic carbocycles. The summed E-state index contributed by atoms with van der Waals surface area (Å²) >= 11 is 0. The van der Waals surface area contributed by atoms with Crippen molar-refractivity contribution in [1.82, 2.24) is 9.97 Å². The number of hydrogen-bond donors (Lipinski definition) is 2. The molecule has 0 radical (unpaired) electrons. The molecule has 0 aliphatic heterocycles. The van der Waals surface area contributed by atoms with Gasteiger partial charge in [-0.1, -0.05) is 36.4 Å². The van der Waals surface area contributed by atoms with E-state index in [9.17, 15) is 4.79 Å². The smallest absolute Gasteiger partial charge is 0.248 e. The normalized spacial score (nSPS) is 10.2. The number of hydrogen-bond acceptors (Lipinski definition) is 3. The number of aromatic nitrogens is 2. The van der Waals surface area contributed by atoms with Gasteiger partial charge >= 0.3 is 0 Å². The minimum Gasteiger partial charge on any atom is -0.384 e. The topological polar surface area (TPSA) is 71.8 Å². The average molecular weight is 289 g/mol. The van der Waals surface area contributed by atoms with Crippen LogP contribution < -0.4 is 11.3 Å². The van der Waals surface area contributed by atoms with E-state index >= 15 is 0 Å². The molecule has 2 aromatic heterocycles. The first-order valence-electron chi connectivity index (χ1n) is 6.92. The van der Waals surface area contributed by atoms with Crippen molar-refractivity contribution >= 4 is 27.6 Å². The van der Waals surface area contributed by atoms with E-state index in [-0.39, 0.29) is 5.56 Å². The highest BCUT2D eigenvalue weighted by Gasteiger charge is 1.91. The lowest BCUT2D eigenvalue weighted by Crippen LogP contribution is -2.01. The Hall–Kier alpha value is -3.14. The molecule has 0 fully saturated rings. The second kappa shape index (κ2) is 6.10. The number of benzene rings is 2. The lowest BCUT2D eigenvalue weighted by atomic mass is 10.2. The zero-order chi connectivity index (χ0) is 15.4. The highest BCUT2D eigenvalue weighted by atomic mass is 16.1. The van der Waals surface area contributed by atoms with Gasteiger partial charge in [0, 0.05) is 17.0 Å². The van der Waals surface area contributed by atoms with Crippen molar-refractivity contribution in [2.45, 2.75) is 0 Å². The molecule has 0 amide bonds. The van der Waals surface area contributed by atoms with Gasteiger partial charge in [-0.25, -0.2) is 4.98 Å². The summed E-state index contributed by atoms with van der Waals surface area (Å²) in [7, 11) is 0. The molecule has 4 heteroatoms. The van der Waals surface area contributed by atoms with Crippen LogP contribution in [0.3, 0.4) is 0 Å². The summed E-state index contributed by atoms with van der Waals surface area (Å²) in [6, 6.07) is 22.7. The maximum Gasteiger partial charge on any atom is 0.248 e. The molecule has 0 saturated heterocycles. The van der Waals surface area contributed by atoms with Crippen LogP contribution in [0.15, 0.2) is 77.6 Å². The van der Waals surface area contributed by atoms with Gasteiger partial charge in [0.2, 0.25) is 5.56 Å². The minimum absolute atomic E-state index is 0.0521. The van der Waals surface area contributed by atoms with Crippen LogP contribution in [-0.2, 0) is 0 Å². The molecule has 108 valence electrons. The van der Waals surface area contributed by atoms with Gasteiger partial charge in [-0.2, -0.15) is 0 Å². The highest BCUT2D eigenvalue weighted by Crippen LogP contribution is 2.11. The first-order chi connectivity index (χ1) is 10.7. The van der Waals surface area contributed by atoms with E-state index < -0.39 is 0 Å². The molecule has 0 spiro atoms. The molecule has 3 N–H and O–H groups in total. The fourth-order valence-corrected chi connectivity index (χ4v) is 2.18. The fourth-order valence-electron chi connectivity index (χ4n) is 2.18. The average Bonchev–Trinajstić information content (AvgIpc) is 2.55. The summed E-state index contributed by atoms with van der Waals surface area (Å²) in [5.74, 6) is 0.573. The number of fused-ring (bicyclic) bond motifs is 2. The third kappa shape index (κ3) is 3.12. The largest absolute Gasteiger partial charge is 0.384 e. The lowest BCUT2D eigenvalue weighted by molar-refractivity contribution is 1.31. The zero-order valence-electron chi connectivity index (χ0n) is 11.9. The molecule has 2 heterocycles. The van der Waals surface area contributed by atoms with Gasteiger partial charge < -0.3 is 10.7 Å². The third-order valence-corrected chi connectivity index (χ3v) is 3.25. The van der Waals surface area contributed by atoms with Gasteiger partial charge in [0.05, 0.1) is 5.52 Å². The van der Waals surface area contributed by atoms with Crippen LogP contribution in [0, 0.1) is 0 Å². The highest BCUT2D eigenvalue weighted by molar-refractivity contribution is 5.79. The van der Waals surface area contributed by atoms with Crippen molar-refractivity contribution in [3.63, 3.8) is 0 Å². The van der Waals surface area contributed by atoms with Gasteiger partial charge in [-0.15, -0.1) is 0 Å². The molecule has 22 heavy (non-hydrogen) atoms. The summed E-state index contributed by atoms with van der Waals surface area (Å²) in [6.07, 6.45) is 0. The van der Waals surface area contributed by atoms with E-state index in [1.165, 1.54) is 6.07 Å². The number of pyridine rings is 2. The molecular formula is C18H15N3O. The lowest BCUT2D eigenvalue weighted by Gasteiger charge is -1.95. The molecule has 0 unspecified atom stereocenters. The molecule has 0 aliphatic rings. The van der Waals surface area contributed by atoms with E-state index in [1.54, 1.807) is 0 Å². The molecule has 4 aromatic rings. The van der Waals surface area contributed by atoms with Gasteiger partial charge in [0.15, 0.2) is 0 Å². The van der Waals surface area contributed by atoms with Gasteiger partial charge in [0.25, 0.3) is 0 Å². The molecule has 0 saturated carbocycles. The van der Waals surface area contributed by atoms with Crippen molar-refractivity contribution in [3.05, 3.63) is 83.2 Å². The van der Waals surface area contributed by atoms with E-state index in [4.69, 9.17) is 5.73 Å². The Labute approximate surface area is 127 Å². The number of H-pyrrole nitrogens is 1. The second-order valence-corrected chi connectivity index (χ2v) is 4.84. The maximum absolute atomic E-state index is 10.8. The van der Waals surface area contributed by atoms with Crippen LogP contribution in [0.1, 0.15) is 0 Å². The number of aromatic amines is 1. The first-order valence-corrected chi connectivity index (χ1v) is 6.92. The molecule has 0 bridgehead atoms. The van der Waals surface area contributed by atoms with Crippen molar-refractivity contribution in [2.24, 2.45) is 0 Å². The van der Waals surface area contributed by atoms with Crippen molar-refractivity contribution < 1.29 is 0 Å². The summed E-state index contributed by atoms with van der Waals surface area (Å²) < 4.78 is 0. The van der Waals surface area contributed by atoms with Crippen LogP contribution in [0.5, 0.6) is 0 Å². The SMILES string of the molecule is Nc1ccc2ccccc2n1.O=c1ccc2ccccc2[nH]1. The Bertz CT molecular complexity index is 976. The van der Waals surface area contributed by atoms with Crippen LogP contribution in [-0.4, -0.2) is 9.97 Å². The van der Waals surface area contributed by atoms with Crippen LogP contribution in [0.4, 0.5) is 5.82 Å². The quantitative estimate of drug-likeness (QED) is 0.521. The molecule has 0 atom stereocenters. The monoisotopic (exact) mass is 289 g/mol. The fraction of sp³-hybridized carbons (Fsp3) is 0. The van der Waals surface area contributed by atoms with Crippen molar-refractivity contribution in [3.8, 4) is 0 Å². The minimum atomic E-state index is -0.0521. The van der Waals surface area contributed by atoms with Crippen LogP contribution >= 0.6 is 0 Å². The summed E-state index contributed by atoms with van der Waals surface area (Å²) in [6.45, 7) is 0. The number of nitrogens with zero attached hydrogens (tertiary/aromatic N) is 1. The number of nitrogens with two attached hydrogens (primary N) is 1. The Balaban J connectivity index is 0.000000131. The second-order valence-electron chi connectivity index (χ2n) is 4.84. The summed E-state index contributed by atoms with van der Waals surface area (Å²) in [4.78, 5) is 17.7. The number of rotatable bonds is 0. The maximum atomic E-state index is 10.8. The number of nitrogen functional groups attached to an aromatic ring is 1. The summed E-state index contributed by atoms with van der Waals surface area (Å²) in [5, 5.41) is 2.19. The Morgan fingerprint density at radius 2 is 1.45 bits per heavy atom. The van der Waals surface area contributed by atoms with E-state index in [1.807, 2.05) is 66.7 Å². The molecular weight excluding hydrogens is 274 g/mol. The summed E-state index contributed by atoms with van der Waals surface area (Å²) in [5.41, 5.74) is 7.30. The predicted molar refractivity (Wildman–Crippen MR) is 90.7 cm³/mol. The Morgan fingerprint density at radius 1 is 0.773 bits per heavy atom. The predicted octanol–water partition coefficient (Wildman–Crippen LogP) is 3.35. The zero-order valence-corrected chi connectivity index (χ0v) is 11.9. The number of nitrogens with one attached hydrogen (secondary N) is 1. The van der Waals surface area contributed by atoms with Crippen LogP contribution in [0.25, 0.3) is 21.8 Å². The number of para-hydroxylation sites is 2. The van der Waals surface area contributed by atoms with Crippen LogP contribution in [0.2, 0.25) is 0 Å². The van der Waals surface area contributed by atoms with E-state index in [2.05, 4.69) is 9.97 Å². The number of anilines is 1. The Kier molecular flexibility index (Phi) is 3.83. The third-order valence-electron chi connectivity index (χ3n) is 3.25. The standard InChI is InChI=1S/C9H8N2.C9H7NO/c10-9-6-5-7-3-1-2-4-8(7)11-9;11-9-6-5-7-3-1-2-4-8(7)10-9/h1-6H,(H2,10,11);1-6H,(H,10,11). The molecule has 4 rings (SSSR count). The molecule has 4 nitrogen and oxygen atoms in total. The first kappa shape index (κ1) is 13.8. The molecule has 0 aliphatic carbocycles. The van der Waals surface area contributed by atoms with Crippen molar-refractivity contribution in [1.29, 1.82) is 0 Å².